The maximum atomic E-state index is 12.6. The fraction of sp³-hybridized carbons (Fsp3) is 0.500. The molecule has 4 heteroatoms. The average molecular weight is 275 g/mol. The van der Waals surface area contributed by atoms with Crippen LogP contribution in [0.3, 0.4) is 0 Å². The van der Waals surface area contributed by atoms with Crippen LogP contribution in [0.1, 0.15) is 56.1 Å². The number of hydrogen-bond donors (Lipinski definition) is 0. The highest BCUT2D eigenvalue weighted by molar-refractivity contribution is 6.00. The van der Waals surface area contributed by atoms with Crippen LogP contribution in [-0.4, -0.2) is 28.9 Å². The molecule has 0 aliphatic carbocycles. The molecule has 0 fully saturated rings. The number of hydrogen-bond acceptors (Lipinski definition) is 3. The molecule has 2 rings (SSSR count). The smallest absolute Gasteiger partial charge is 0.308 e. The quantitative estimate of drug-likeness (QED) is 0.797. The Labute approximate surface area is 119 Å². The maximum Gasteiger partial charge on any atom is 0.308 e. The zero-order valence-electron chi connectivity index (χ0n) is 12.5. The molecule has 108 valence electrons. The first-order valence-corrected chi connectivity index (χ1v) is 6.94. The zero-order valence-corrected chi connectivity index (χ0v) is 12.5. The van der Waals surface area contributed by atoms with Gasteiger partial charge in [-0.25, -0.2) is 0 Å². The van der Waals surface area contributed by atoms with E-state index in [-0.39, 0.29) is 29.9 Å². The van der Waals surface area contributed by atoms with Crippen LogP contribution in [0.2, 0.25) is 0 Å². The number of ether oxygens (including phenoxy) is 1. The third-order valence-corrected chi connectivity index (χ3v) is 3.47. The standard InChI is InChI=1S/C16H21NO3/c1-5-20-14(18)10-13-11-8-6-7-9-12(11)15(19)17(13)16(2,3)4/h6-9,13H,5,10H2,1-4H3. The molecule has 0 saturated carbocycles. The molecule has 0 spiro atoms. The van der Waals surface area contributed by atoms with E-state index in [1.54, 1.807) is 11.8 Å². The molecular weight excluding hydrogens is 254 g/mol. The Bertz CT molecular complexity index is 531. The minimum absolute atomic E-state index is 0.0117. The third kappa shape index (κ3) is 2.55. The molecule has 0 saturated heterocycles. The molecule has 1 aromatic carbocycles. The lowest BCUT2D eigenvalue weighted by Crippen LogP contribution is -2.44. The van der Waals surface area contributed by atoms with E-state index in [0.717, 1.165) is 5.56 Å². The van der Waals surface area contributed by atoms with Crippen LogP contribution >= 0.6 is 0 Å². The van der Waals surface area contributed by atoms with Gasteiger partial charge in [-0.2, -0.15) is 0 Å². The molecule has 1 atom stereocenters. The van der Waals surface area contributed by atoms with Crippen LogP contribution in [0.25, 0.3) is 0 Å². The summed E-state index contributed by atoms with van der Waals surface area (Å²) in [6.45, 7) is 8.09. The molecule has 1 aromatic rings. The fourth-order valence-electron chi connectivity index (χ4n) is 2.74. The molecule has 1 heterocycles. The largest absolute Gasteiger partial charge is 0.466 e. The summed E-state index contributed by atoms with van der Waals surface area (Å²) in [6.07, 6.45) is 0.202. The molecule has 0 aromatic heterocycles. The lowest BCUT2D eigenvalue weighted by Gasteiger charge is -2.37. The molecule has 1 unspecified atom stereocenters. The SMILES string of the molecule is CCOC(=O)CC1c2ccccc2C(=O)N1C(C)(C)C. The van der Waals surface area contributed by atoms with Crippen molar-refractivity contribution < 1.29 is 14.3 Å². The number of esters is 1. The van der Waals surface area contributed by atoms with E-state index in [2.05, 4.69) is 0 Å². The van der Waals surface area contributed by atoms with Gasteiger partial charge in [-0.15, -0.1) is 0 Å². The van der Waals surface area contributed by atoms with Crippen molar-refractivity contribution in [1.82, 2.24) is 4.90 Å². The number of nitrogens with zero attached hydrogens (tertiary/aromatic N) is 1. The number of rotatable bonds is 3. The van der Waals surface area contributed by atoms with E-state index in [9.17, 15) is 9.59 Å². The predicted octanol–water partition coefficient (Wildman–Crippen LogP) is 2.94. The second kappa shape index (κ2) is 5.27. The minimum atomic E-state index is -0.340. The van der Waals surface area contributed by atoms with Gasteiger partial charge in [0.15, 0.2) is 0 Å². The minimum Gasteiger partial charge on any atom is -0.466 e. The van der Waals surface area contributed by atoms with Crippen molar-refractivity contribution in [3.8, 4) is 0 Å². The van der Waals surface area contributed by atoms with Crippen LogP contribution in [-0.2, 0) is 9.53 Å². The highest BCUT2D eigenvalue weighted by Gasteiger charge is 2.43. The zero-order chi connectivity index (χ0) is 14.9. The normalized spacial score (nSPS) is 18.1. The van der Waals surface area contributed by atoms with Crippen LogP contribution in [0, 0.1) is 0 Å². The topological polar surface area (TPSA) is 46.6 Å². The molecule has 20 heavy (non-hydrogen) atoms. The highest BCUT2D eigenvalue weighted by Crippen LogP contribution is 2.40. The summed E-state index contributed by atoms with van der Waals surface area (Å²) in [5.74, 6) is -0.279. The summed E-state index contributed by atoms with van der Waals surface area (Å²) in [4.78, 5) is 26.2. The second-order valence-electron chi connectivity index (χ2n) is 5.96. The second-order valence-corrected chi connectivity index (χ2v) is 5.96. The lowest BCUT2D eigenvalue weighted by atomic mass is 9.99. The number of benzene rings is 1. The van der Waals surface area contributed by atoms with Gasteiger partial charge >= 0.3 is 5.97 Å². The monoisotopic (exact) mass is 275 g/mol. The van der Waals surface area contributed by atoms with Gasteiger partial charge in [0.25, 0.3) is 5.91 Å². The predicted molar refractivity (Wildman–Crippen MR) is 76.4 cm³/mol. The Morgan fingerprint density at radius 2 is 1.95 bits per heavy atom. The third-order valence-electron chi connectivity index (χ3n) is 3.47. The van der Waals surface area contributed by atoms with Crippen molar-refractivity contribution >= 4 is 11.9 Å². The summed E-state index contributed by atoms with van der Waals surface area (Å²) in [5, 5.41) is 0. The Morgan fingerprint density at radius 1 is 1.30 bits per heavy atom. The van der Waals surface area contributed by atoms with E-state index in [4.69, 9.17) is 4.74 Å². The summed E-state index contributed by atoms with van der Waals surface area (Å²) >= 11 is 0. The Hall–Kier alpha value is -1.84. The molecule has 0 bridgehead atoms. The Kier molecular flexibility index (Phi) is 3.84. The number of amides is 1. The molecular formula is C16H21NO3. The van der Waals surface area contributed by atoms with Gasteiger partial charge in [-0.1, -0.05) is 18.2 Å². The molecule has 1 amide bonds. The van der Waals surface area contributed by atoms with Crippen molar-refractivity contribution in [3.05, 3.63) is 35.4 Å². The van der Waals surface area contributed by atoms with Gasteiger partial charge in [0.05, 0.1) is 19.1 Å². The van der Waals surface area contributed by atoms with E-state index < -0.39 is 0 Å². The summed E-state index contributed by atoms with van der Waals surface area (Å²) in [5.41, 5.74) is 1.27. The van der Waals surface area contributed by atoms with Gasteiger partial charge in [0, 0.05) is 11.1 Å². The Morgan fingerprint density at radius 3 is 2.55 bits per heavy atom. The molecule has 0 N–H and O–H groups in total. The van der Waals surface area contributed by atoms with E-state index in [1.165, 1.54) is 0 Å². The fourth-order valence-corrected chi connectivity index (χ4v) is 2.74. The van der Waals surface area contributed by atoms with Crippen molar-refractivity contribution in [2.75, 3.05) is 6.61 Å². The van der Waals surface area contributed by atoms with E-state index in [0.29, 0.717) is 12.2 Å². The summed E-state index contributed by atoms with van der Waals surface area (Å²) < 4.78 is 5.04. The van der Waals surface area contributed by atoms with Crippen LogP contribution in [0.15, 0.2) is 24.3 Å². The van der Waals surface area contributed by atoms with Gasteiger partial charge in [0.1, 0.15) is 0 Å². The first-order valence-electron chi connectivity index (χ1n) is 6.94. The van der Waals surface area contributed by atoms with Crippen LogP contribution in [0.5, 0.6) is 0 Å². The molecule has 1 aliphatic rings. The van der Waals surface area contributed by atoms with Crippen LogP contribution < -0.4 is 0 Å². The number of carbonyl (C=O) groups is 2. The van der Waals surface area contributed by atoms with E-state index in [1.807, 2.05) is 45.0 Å². The average Bonchev–Trinajstić information content (AvgIpc) is 2.63. The highest BCUT2D eigenvalue weighted by atomic mass is 16.5. The number of carbonyl (C=O) groups excluding carboxylic acids is 2. The summed E-state index contributed by atoms with van der Waals surface area (Å²) in [6, 6.07) is 7.25. The van der Waals surface area contributed by atoms with Crippen molar-refractivity contribution in [1.29, 1.82) is 0 Å². The maximum absolute atomic E-state index is 12.6. The van der Waals surface area contributed by atoms with Crippen molar-refractivity contribution in [2.24, 2.45) is 0 Å². The van der Waals surface area contributed by atoms with E-state index >= 15 is 0 Å². The first-order chi connectivity index (χ1) is 9.36. The molecule has 1 aliphatic heterocycles. The van der Waals surface area contributed by atoms with Gasteiger partial charge in [-0.05, 0) is 39.3 Å². The van der Waals surface area contributed by atoms with Crippen molar-refractivity contribution in [2.45, 2.75) is 45.7 Å². The summed E-state index contributed by atoms with van der Waals surface area (Å²) in [7, 11) is 0. The molecule has 4 nitrogen and oxygen atoms in total. The number of fused-ring (bicyclic) bond motifs is 1. The van der Waals surface area contributed by atoms with Gasteiger partial charge in [-0.3, -0.25) is 9.59 Å². The Balaban J connectivity index is 2.38. The molecule has 0 radical (unpaired) electrons. The van der Waals surface area contributed by atoms with Crippen molar-refractivity contribution in [3.63, 3.8) is 0 Å². The van der Waals surface area contributed by atoms with Gasteiger partial charge in [0.2, 0.25) is 0 Å². The van der Waals surface area contributed by atoms with Crippen LogP contribution in [0.4, 0.5) is 0 Å². The first kappa shape index (κ1) is 14.6. The van der Waals surface area contributed by atoms with Gasteiger partial charge < -0.3 is 9.64 Å². The lowest BCUT2D eigenvalue weighted by molar-refractivity contribution is -0.144.